The van der Waals surface area contributed by atoms with Crippen molar-refractivity contribution in [1.29, 1.82) is 5.26 Å². The number of nitrogens with one attached hydrogen (secondary N) is 1. The van der Waals surface area contributed by atoms with Crippen molar-refractivity contribution in [3.8, 4) is 11.8 Å². The highest BCUT2D eigenvalue weighted by molar-refractivity contribution is 6.10. The summed E-state index contributed by atoms with van der Waals surface area (Å²) in [5.41, 5.74) is 3.33. The molecule has 0 unspecified atom stereocenters. The maximum atomic E-state index is 12.0. The van der Waals surface area contributed by atoms with Gasteiger partial charge in [0.05, 0.1) is 19.6 Å². The molecular formula is C14H14N2O2. The maximum absolute atomic E-state index is 12.0. The zero-order chi connectivity index (χ0) is 13.3. The fourth-order valence-electron chi connectivity index (χ4n) is 2.21. The fourth-order valence-corrected chi connectivity index (χ4v) is 2.21. The molecule has 0 aliphatic rings. The number of H-pyrrole nitrogens is 1. The molecule has 92 valence electrons. The average Bonchev–Trinajstić information content (AvgIpc) is 2.66. The number of aromatic nitrogens is 1. The van der Waals surface area contributed by atoms with Crippen molar-refractivity contribution in [2.24, 2.45) is 0 Å². The van der Waals surface area contributed by atoms with E-state index in [1.165, 1.54) is 0 Å². The number of ether oxygens (including phenoxy) is 1. The number of benzene rings is 1. The predicted molar refractivity (Wildman–Crippen MR) is 68.9 cm³/mol. The molecule has 1 aromatic carbocycles. The molecule has 2 aromatic rings. The highest BCUT2D eigenvalue weighted by Crippen LogP contribution is 2.30. The van der Waals surface area contributed by atoms with E-state index in [0.717, 1.165) is 22.2 Å². The molecule has 0 radical (unpaired) electrons. The van der Waals surface area contributed by atoms with E-state index in [1.807, 2.05) is 32.0 Å². The second-order valence-electron chi connectivity index (χ2n) is 4.25. The number of aryl methyl sites for hydroxylation is 2. The molecule has 4 heteroatoms. The minimum atomic E-state index is -0.158. The number of hydrogen-bond acceptors (Lipinski definition) is 3. The molecule has 0 spiro atoms. The standard InChI is InChI=1S/C14H14N2O2/c1-8-6-10(18-3)7-11-13(12(17)4-5-15)9(2)16-14(8)11/h6-7,16H,4H2,1-3H3. The minimum absolute atomic E-state index is 0.107. The molecule has 0 bridgehead atoms. The molecule has 4 nitrogen and oxygen atoms in total. The molecule has 1 N–H and O–H groups in total. The summed E-state index contributed by atoms with van der Waals surface area (Å²) in [6.45, 7) is 3.80. The molecule has 1 heterocycles. The third-order valence-corrected chi connectivity index (χ3v) is 3.02. The third kappa shape index (κ3) is 1.84. The van der Waals surface area contributed by atoms with Crippen LogP contribution in [0.5, 0.6) is 5.75 Å². The van der Waals surface area contributed by atoms with Crippen LogP contribution in [-0.2, 0) is 0 Å². The molecule has 0 aliphatic heterocycles. The van der Waals surface area contributed by atoms with Crippen molar-refractivity contribution in [3.63, 3.8) is 0 Å². The Morgan fingerprint density at radius 2 is 2.17 bits per heavy atom. The summed E-state index contributed by atoms with van der Waals surface area (Å²) < 4.78 is 5.22. The number of hydrogen-bond donors (Lipinski definition) is 1. The van der Waals surface area contributed by atoms with Gasteiger partial charge in [0, 0.05) is 22.2 Å². The molecule has 0 amide bonds. The molecule has 0 saturated heterocycles. The lowest BCUT2D eigenvalue weighted by molar-refractivity contribution is 0.0999. The number of fused-ring (bicyclic) bond motifs is 1. The number of nitriles is 1. The van der Waals surface area contributed by atoms with E-state index in [-0.39, 0.29) is 12.2 Å². The van der Waals surface area contributed by atoms with Gasteiger partial charge in [-0.2, -0.15) is 5.26 Å². The number of rotatable bonds is 3. The number of carbonyl (C=O) groups is 1. The zero-order valence-corrected chi connectivity index (χ0v) is 10.6. The molecule has 0 fully saturated rings. The van der Waals surface area contributed by atoms with Gasteiger partial charge in [-0.15, -0.1) is 0 Å². The Kier molecular flexibility index (Phi) is 3.07. The van der Waals surface area contributed by atoms with Crippen LogP contribution >= 0.6 is 0 Å². The first kappa shape index (κ1) is 12.2. The van der Waals surface area contributed by atoms with Crippen LogP contribution in [0.25, 0.3) is 10.9 Å². The Balaban J connectivity index is 2.73. The van der Waals surface area contributed by atoms with Crippen molar-refractivity contribution in [3.05, 3.63) is 29.0 Å². The van der Waals surface area contributed by atoms with Crippen LogP contribution in [0, 0.1) is 25.2 Å². The summed E-state index contributed by atoms with van der Waals surface area (Å²) in [4.78, 5) is 15.2. The quantitative estimate of drug-likeness (QED) is 0.841. The minimum Gasteiger partial charge on any atom is -0.497 e. The smallest absolute Gasteiger partial charge is 0.179 e. The van der Waals surface area contributed by atoms with Crippen molar-refractivity contribution in [2.45, 2.75) is 20.3 Å². The highest BCUT2D eigenvalue weighted by atomic mass is 16.5. The van der Waals surface area contributed by atoms with Crippen LogP contribution < -0.4 is 4.74 Å². The molecule has 0 atom stereocenters. The first-order chi connectivity index (χ1) is 8.58. The zero-order valence-electron chi connectivity index (χ0n) is 10.6. The fraction of sp³-hybridized carbons (Fsp3) is 0.286. The number of aromatic amines is 1. The van der Waals surface area contributed by atoms with E-state index < -0.39 is 0 Å². The van der Waals surface area contributed by atoms with Crippen LogP contribution in [0.4, 0.5) is 0 Å². The van der Waals surface area contributed by atoms with Gasteiger partial charge >= 0.3 is 0 Å². The monoisotopic (exact) mass is 242 g/mol. The SMILES string of the molecule is COc1cc(C)c2[nH]c(C)c(C(=O)CC#N)c2c1. The predicted octanol–water partition coefficient (Wildman–Crippen LogP) is 2.89. The average molecular weight is 242 g/mol. The Morgan fingerprint density at radius 1 is 1.44 bits per heavy atom. The van der Waals surface area contributed by atoms with Gasteiger partial charge in [-0.25, -0.2) is 0 Å². The summed E-state index contributed by atoms with van der Waals surface area (Å²) in [6.07, 6.45) is -0.107. The van der Waals surface area contributed by atoms with E-state index in [1.54, 1.807) is 7.11 Å². The first-order valence-electron chi connectivity index (χ1n) is 5.65. The second-order valence-corrected chi connectivity index (χ2v) is 4.25. The number of nitrogens with zero attached hydrogens (tertiary/aromatic N) is 1. The van der Waals surface area contributed by atoms with E-state index in [2.05, 4.69) is 4.98 Å². The number of Topliss-reactive ketones (excluding diaryl/α,β-unsaturated/α-hetero) is 1. The van der Waals surface area contributed by atoms with Gasteiger partial charge in [0.25, 0.3) is 0 Å². The lowest BCUT2D eigenvalue weighted by Gasteiger charge is -2.03. The van der Waals surface area contributed by atoms with Crippen molar-refractivity contribution in [2.75, 3.05) is 7.11 Å². The van der Waals surface area contributed by atoms with Crippen LogP contribution in [-0.4, -0.2) is 17.9 Å². The normalized spacial score (nSPS) is 10.3. The van der Waals surface area contributed by atoms with E-state index in [9.17, 15) is 4.79 Å². The molecule has 18 heavy (non-hydrogen) atoms. The van der Waals surface area contributed by atoms with Gasteiger partial charge < -0.3 is 9.72 Å². The largest absolute Gasteiger partial charge is 0.497 e. The summed E-state index contributed by atoms with van der Waals surface area (Å²) in [6, 6.07) is 5.64. The lowest BCUT2D eigenvalue weighted by atomic mass is 10.0. The van der Waals surface area contributed by atoms with Crippen LogP contribution in [0.15, 0.2) is 12.1 Å². The summed E-state index contributed by atoms with van der Waals surface area (Å²) in [5, 5.41) is 9.47. The molecule has 2 rings (SSSR count). The summed E-state index contributed by atoms with van der Waals surface area (Å²) >= 11 is 0. The second kappa shape index (κ2) is 4.53. The number of ketones is 1. The number of methoxy groups -OCH3 is 1. The van der Waals surface area contributed by atoms with Crippen molar-refractivity contribution in [1.82, 2.24) is 4.98 Å². The molecule has 1 aromatic heterocycles. The Morgan fingerprint density at radius 3 is 2.78 bits per heavy atom. The van der Waals surface area contributed by atoms with Crippen LogP contribution in [0.3, 0.4) is 0 Å². The molecule has 0 saturated carbocycles. The van der Waals surface area contributed by atoms with Gasteiger partial charge in [-0.05, 0) is 31.5 Å². The first-order valence-corrected chi connectivity index (χ1v) is 5.65. The topological polar surface area (TPSA) is 65.9 Å². The highest BCUT2D eigenvalue weighted by Gasteiger charge is 2.17. The summed E-state index contributed by atoms with van der Waals surface area (Å²) in [7, 11) is 1.59. The van der Waals surface area contributed by atoms with Crippen molar-refractivity contribution < 1.29 is 9.53 Å². The Labute approximate surface area is 105 Å². The van der Waals surface area contributed by atoms with Gasteiger partial charge in [0.1, 0.15) is 5.75 Å². The van der Waals surface area contributed by atoms with E-state index in [4.69, 9.17) is 10.00 Å². The van der Waals surface area contributed by atoms with Crippen LogP contribution in [0.2, 0.25) is 0 Å². The Bertz CT molecular complexity index is 662. The van der Waals surface area contributed by atoms with E-state index in [0.29, 0.717) is 11.3 Å². The van der Waals surface area contributed by atoms with Gasteiger partial charge in [-0.1, -0.05) is 0 Å². The molecular weight excluding hydrogens is 228 g/mol. The molecule has 0 aliphatic carbocycles. The van der Waals surface area contributed by atoms with Crippen molar-refractivity contribution >= 4 is 16.7 Å². The van der Waals surface area contributed by atoms with Gasteiger partial charge in [-0.3, -0.25) is 4.79 Å². The van der Waals surface area contributed by atoms with Gasteiger partial charge in [0.2, 0.25) is 0 Å². The lowest BCUT2D eigenvalue weighted by Crippen LogP contribution is -1.98. The third-order valence-electron chi connectivity index (χ3n) is 3.02. The number of carbonyl (C=O) groups excluding carboxylic acids is 1. The maximum Gasteiger partial charge on any atom is 0.179 e. The summed E-state index contributed by atoms with van der Waals surface area (Å²) in [5.74, 6) is 0.555. The Hall–Kier alpha value is -2.28. The van der Waals surface area contributed by atoms with E-state index >= 15 is 0 Å². The van der Waals surface area contributed by atoms with Crippen LogP contribution in [0.1, 0.15) is 28.0 Å². The van der Waals surface area contributed by atoms with Gasteiger partial charge in [0.15, 0.2) is 5.78 Å².